The average molecular weight is 294 g/mol. The highest BCUT2D eigenvalue weighted by atomic mass is 32.1. The van der Waals surface area contributed by atoms with Crippen LogP contribution in [0.4, 0.5) is 10.9 Å². The van der Waals surface area contributed by atoms with E-state index in [2.05, 4.69) is 22.1 Å². The average Bonchev–Trinajstić information content (AvgIpc) is 3.02. The third kappa shape index (κ3) is 2.37. The molecule has 2 aliphatic rings. The summed E-state index contributed by atoms with van der Waals surface area (Å²) in [6.07, 6.45) is 6.72. The maximum absolute atomic E-state index is 12.4. The Morgan fingerprint density at radius 1 is 1.40 bits per heavy atom. The zero-order valence-electron chi connectivity index (χ0n) is 11.9. The van der Waals surface area contributed by atoms with E-state index in [1.54, 1.807) is 0 Å². The second-order valence-corrected chi connectivity index (χ2v) is 6.82. The van der Waals surface area contributed by atoms with Gasteiger partial charge < -0.3 is 16.0 Å². The zero-order valence-corrected chi connectivity index (χ0v) is 12.8. The smallest absolute Gasteiger partial charge is 0.265 e. The fourth-order valence-corrected chi connectivity index (χ4v) is 3.93. The van der Waals surface area contributed by atoms with Crippen LogP contribution in [-0.4, -0.2) is 29.5 Å². The molecule has 0 spiro atoms. The van der Waals surface area contributed by atoms with Gasteiger partial charge in [-0.05, 0) is 38.5 Å². The van der Waals surface area contributed by atoms with Crippen LogP contribution in [0.15, 0.2) is 0 Å². The molecule has 1 aromatic heterocycles. The van der Waals surface area contributed by atoms with Crippen molar-refractivity contribution in [2.24, 2.45) is 0 Å². The molecular weight excluding hydrogens is 272 g/mol. The topological polar surface area (TPSA) is 71.2 Å². The van der Waals surface area contributed by atoms with Crippen LogP contribution in [-0.2, 0) is 0 Å². The predicted molar refractivity (Wildman–Crippen MR) is 82.3 cm³/mol. The fraction of sp³-hybridized carbons (Fsp3) is 0.714. The van der Waals surface area contributed by atoms with E-state index in [0.717, 1.165) is 37.5 Å². The summed E-state index contributed by atoms with van der Waals surface area (Å²) in [5.41, 5.74) is 5.94. The molecule has 0 bridgehead atoms. The van der Waals surface area contributed by atoms with Gasteiger partial charge in [0.25, 0.3) is 5.91 Å². The molecule has 2 heterocycles. The molecule has 1 aromatic rings. The number of hydrogen-bond donors (Lipinski definition) is 2. The Labute approximate surface area is 123 Å². The van der Waals surface area contributed by atoms with E-state index < -0.39 is 0 Å². The van der Waals surface area contributed by atoms with Gasteiger partial charge in [-0.2, -0.15) is 0 Å². The van der Waals surface area contributed by atoms with Crippen molar-refractivity contribution in [3.8, 4) is 0 Å². The van der Waals surface area contributed by atoms with E-state index in [0.29, 0.717) is 10.7 Å². The van der Waals surface area contributed by atoms with Crippen LogP contribution in [0.1, 0.15) is 55.1 Å². The van der Waals surface area contributed by atoms with Crippen molar-refractivity contribution in [1.29, 1.82) is 0 Å². The van der Waals surface area contributed by atoms with Crippen molar-refractivity contribution in [3.05, 3.63) is 4.88 Å². The lowest BCUT2D eigenvalue weighted by Crippen LogP contribution is -2.52. The summed E-state index contributed by atoms with van der Waals surface area (Å²) in [5, 5.41) is 4.07. The number of hydrogen-bond acceptors (Lipinski definition) is 5. The molecule has 3 rings (SSSR count). The van der Waals surface area contributed by atoms with Gasteiger partial charge in [-0.15, -0.1) is 0 Å². The van der Waals surface area contributed by atoms with Crippen LogP contribution < -0.4 is 16.0 Å². The number of thiazole rings is 1. The van der Waals surface area contributed by atoms with E-state index in [-0.39, 0.29) is 11.4 Å². The third-order valence-electron chi connectivity index (χ3n) is 4.59. The number of nitrogens with zero attached hydrogens (tertiary/aromatic N) is 2. The number of amides is 1. The molecule has 1 saturated heterocycles. The Balaban J connectivity index is 1.74. The van der Waals surface area contributed by atoms with Crippen molar-refractivity contribution in [3.63, 3.8) is 0 Å². The molecule has 1 aliphatic heterocycles. The number of nitrogen functional groups attached to an aromatic ring is 1. The Morgan fingerprint density at radius 2 is 2.10 bits per heavy atom. The molecule has 1 aliphatic carbocycles. The summed E-state index contributed by atoms with van der Waals surface area (Å²) in [7, 11) is 0. The molecule has 2 fully saturated rings. The first-order valence-electron chi connectivity index (χ1n) is 7.47. The van der Waals surface area contributed by atoms with Gasteiger partial charge in [0.05, 0.1) is 0 Å². The monoisotopic (exact) mass is 294 g/mol. The minimum absolute atomic E-state index is 0.00131. The van der Waals surface area contributed by atoms with Gasteiger partial charge in [-0.1, -0.05) is 18.3 Å². The molecule has 6 heteroatoms. The van der Waals surface area contributed by atoms with E-state index in [1.807, 2.05) is 0 Å². The number of carbonyl (C=O) groups is 1. The largest absolute Gasteiger partial charge is 0.382 e. The van der Waals surface area contributed by atoms with E-state index in [4.69, 9.17) is 5.73 Å². The fourth-order valence-electron chi connectivity index (χ4n) is 2.99. The Bertz CT molecular complexity index is 498. The van der Waals surface area contributed by atoms with Gasteiger partial charge in [0, 0.05) is 18.6 Å². The summed E-state index contributed by atoms with van der Waals surface area (Å²) in [4.78, 5) is 19.6. The van der Waals surface area contributed by atoms with Gasteiger partial charge in [-0.25, -0.2) is 4.98 Å². The van der Waals surface area contributed by atoms with Crippen LogP contribution in [0.5, 0.6) is 0 Å². The van der Waals surface area contributed by atoms with Gasteiger partial charge in [-0.3, -0.25) is 4.79 Å². The molecule has 0 unspecified atom stereocenters. The number of nitrogens with one attached hydrogen (secondary N) is 1. The normalized spacial score (nSPS) is 20.8. The Kier molecular flexibility index (Phi) is 3.58. The van der Waals surface area contributed by atoms with Gasteiger partial charge in [0.15, 0.2) is 5.13 Å². The lowest BCUT2D eigenvalue weighted by Gasteiger charge is -2.41. The molecule has 0 radical (unpaired) electrons. The quantitative estimate of drug-likeness (QED) is 0.894. The van der Waals surface area contributed by atoms with Crippen LogP contribution in [0.2, 0.25) is 0 Å². The van der Waals surface area contributed by atoms with E-state index in [1.165, 1.54) is 30.6 Å². The summed E-state index contributed by atoms with van der Waals surface area (Å²) >= 11 is 1.43. The maximum atomic E-state index is 12.4. The second kappa shape index (κ2) is 5.24. The van der Waals surface area contributed by atoms with Crippen molar-refractivity contribution in [2.45, 2.75) is 51.0 Å². The van der Waals surface area contributed by atoms with Crippen LogP contribution >= 0.6 is 11.3 Å². The number of anilines is 2. The molecule has 0 atom stereocenters. The van der Waals surface area contributed by atoms with Gasteiger partial charge >= 0.3 is 0 Å². The van der Waals surface area contributed by atoms with Crippen LogP contribution in [0.3, 0.4) is 0 Å². The summed E-state index contributed by atoms with van der Waals surface area (Å²) in [5.74, 6) is 0.326. The lowest BCUT2D eigenvalue weighted by molar-refractivity contribution is 0.0825. The first-order valence-corrected chi connectivity index (χ1v) is 8.29. The molecule has 1 saturated carbocycles. The summed E-state index contributed by atoms with van der Waals surface area (Å²) in [6, 6.07) is 0. The van der Waals surface area contributed by atoms with Crippen molar-refractivity contribution >= 4 is 28.2 Å². The van der Waals surface area contributed by atoms with Crippen LogP contribution in [0, 0.1) is 0 Å². The third-order valence-corrected chi connectivity index (χ3v) is 5.72. The standard InChI is InChI=1S/C14H22N4OS/c1-2-14(6-5-7-14)17-12(19)10-11(15)16-13(20-10)18-8-3-4-9-18/h2-9,15H2,1H3,(H,17,19). The summed E-state index contributed by atoms with van der Waals surface area (Å²) in [6.45, 7) is 4.17. The van der Waals surface area contributed by atoms with E-state index >= 15 is 0 Å². The Hall–Kier alpha value is -1.30. The lowest BCUT2D eigenvalue weighted by atomic mass is 9.75. The highest BCUT2D eigenvalue weighted by Crippen LogP contribution is 2.36. The molecular formula is C14H22N4OS. The Morgan fingerprint density at radius 3 is 2.65 bits per heavy atom. The van der Waals surface area contributed by atoms with Crippen LogP contribution in [0.25, 0.3) is 0 Å². The van der Waals surface area contributed by atoms with Crippen molar-refractivity contribution in [2.75, 3.05) is 23.7 Å². The zero-order chi connectivity index (χ0) is 14.2. The molecule has 20 heavy (non-hydrogen) atoms. The minimum Gasteiger partial charge on any atom is -0.382 e. The van der Waals surface area contributed by atoms with E-state index in [9.17, 15) is 4.79 Å². The van der Waals surface area contributed by atoms with Crippen molar-refractivity contribution < 1.29 is 4.79 Å². The highest BCUT2D eigenvalue weighted by Gasteiger charge is 2.37. The van der Waals surface area contributed by atoms with Crippen molar-refractivity contribution in [1.82, 2.24) is 10.3 Å². The molecule has 1 amide bonds. The first kappa shape index (κ1) is 13.7. The maximum Gasteiger partial charge on any atom is 0.265 e. The minimum atomic E-state index is -0.0491. The predicted octanol–water partition coefficient (Wildman–Crippen LogP) is 2.39. The SMILES string of the molecule is CCC1(NC(=O)c2sc(N3CCCC3)nc2N)CCC1. The van der Waals surface area contributed by atoms with Gasteiger partial charge in [0.1, 0.15) is 10.7 Å². The molecule has 110 valence electrons. The first-order chi connectivity index (χ1) is 9.63. The number of carbonyl (C=O) groups excluding carboxylic acids is 1. The highest BCUT2D eigenvalue weighted by molar-refractivity contribution is 7.18. The number of rotatable bonds is 4. The number of aromatic nitrogens is 1. The van der Waals surface area contributed by atoms with Gasteiger partial charge in [0.2, 0.25) is 0 Å². The molecule has 5 nitrogen and oxygen atoms in total. The molecule has 3 N–H and O–H groups in total. The summed E-state index contributed by atoms with van der Waals surface area (Å²) < 4.78 is 0. The number of nitrogens with two attached hydrogens (primary N) is 1. The second-order valence-electron chi connectivity index (χ2n) is 5.85. The molecule has 0 aromatic carbocycles.